The normalized spacial score (nSPS) is 11.9. The Labute approximate surface area is 256 Å². The molecule has 4 aromatic carbocycles. The fourth-order valence-electron chi connectivity index (χ4n) is 3.69. The van der Waals surface area contributed by atoms with Gasteiger partial charge < -0.3 is 16.0 Å². The van der Waals surface area contributed by atoms with Gasteiger partial charge in [-0.15, -0.1) is 11.8 Å². The first-order valence-corrected chi connectivity index (χ1v) is 14.7. The Bertz CT molecular complexity index is 1590. The van der Waals surface area contributed by atoms with Gasteiger partial charge in [0.05, 0.1) is 5.25 Å². The van der Waals surface area contributed by atoms with E-state index in [2.05, 4.69) is 31.9 Å². The molecule has 9 heteroatoms. The first-order chi connectivity index (χ1) is 19.7. The second-order valence-electron chi connectivity index (χ2n) is 9.12. The lowest BCUT2D eigenvalue weighted by Crippen LogP contribution is -2.30. The van der Waals surface area contributed by atoms with Crippen LogP contribution in [0.4, 0.5) is 11.4 Å². The Morgan fingerprint density at radius 2 is 1.56 bits per heavy atom. The summed E-state index contributed by atoms with van der Waals surface area (Å²) in [6.45, 7) is 3.70. The number of amides is 3. The quantitative estimate of drug-likeness (QED) is 0.127. The molecule has 4 aromatic rings. The highest BCUT2D eigenvalue weighted by Gasteiger charge is 2.17. The minimum absolute atomic E-state index is 0.0868. The predicted octanol–water partition coefficient (Wildman–Crippen LogP) is 7.94. The van der Waals surface area contributed by atoms with Crippen molar-refractivity contribution in [1.29, 1.82) is 0 Å². The van der Waals surface area contributed by atoms with Crippen molar-refractivity contribution in [3.8, 4) is 0 Å². The Kier molecular flexibility index (Phi) is 10.4. The number of anilines is 2. The summed E-state index contributed by atoms with van der Waals surface area (Å²) in [6.07, 6.45) is 1.62. The highest BCUT2D eigenvalue weighted by molar-refractivity contribution is 9.10. The van der Waals surface area contributed by atoms with E-state index in [4.69, 9.17) is 11.6 Å². The van der Waals surface area contributed by atoms with E-state index < -0.39 is 17.1 Å². The van der Waals surface area contributed by atoms with Crippen LogP contribution in [-0.4, -0.2) is 23.0 Å². The third-order valence-corrected chi connectivity index (χ3v) is 7.95. The van der Waals surface area contributed by atoms with Crippen LogP contribution in [0.25, 0.3) is 6.08 Å². The van der Waals surface area contributed by atoms with Crippen LogP contribution in [-0.2, 0) is 9.59 Å². The lowest BCUT2D eigenvalue weighted by atomic mass is 10.1. The van der Waals surface area contributed by atoms with Crippen molar-refractivity contribution in [2.45, 2.75) is 24.0 Å². The van der Waals surface area contributed by atoms with E-state index in [1.165, 1.54) is 11.8 Å². The molecule has 0 radical (unpaired) electrons. The number of thioether (sulfide) groups is 1. The zero-order chi connectivity index (χ0) is 29.4. The van der Waals surface area contributed by atoms with Gasteiger partial charge in [-0.25, -0.2) is 0 Å². The molecule has 0 spiro atoms. The second-order valence-corrected chi connectivity index (χ2v) is 11.9. The summed E-state index contributed by atoms with van der Waals surface area (Å²) in [5.74, 6) is -1.06. The van der Waals surface area contributed by atoms with E-state index in [9.17, 15) is 14.4 Å². The topological polar surface area (TPSA) is 87.3 Å². The second kappa shape index (κ2) is 14.2. The number of hydrogen-bond donors (Lipinski definition) is 3. The molecule has 0 heterocycles. The van der Waals surface area contributed by atoms with Gasteiger partial charge >= 0.3 is 0 Å². The number of hydrogen-bond acceptors (Lipinski definition) is 4. The number of nitrogens with one attached hydrogen (secondary N) is 3. The minimum Gasteiger partial charge on any atom is -0.325 e. The Balaban J connectivity index is 1.47. The van der Waals surface area contributed by atoms with Crippen LogP contribution in [0, 0.1) is 6.92 Å². The molecule has 41 heavy (non-hydrogen) atoms. The maximum atomic E-state index is 13.4. The number of benzene rings is 4. The average Bonchev–Trinajstić information content (AvgIpc) is 2.96. The Morgan fingerprint density at radius 1 is 0.854 bits per heavy atom. The van der Waals surface area contributed by atoms with E-state index in [0.29, 0.717) is 22.0 Å². The standard InChI is InChI=1S/C32H27BrClN3O3S/c1-20-11-16-26(19-28(20)34)35-30(38)21(2)41-27-10-6-9-25(18-27)36-32(40)29(17-22-12-14-24(33)15-13-22)37-31(39)23-7-4-3-5-8-23/h3-19,21H,1-2H3,(H,35,38)(H,36,40)(H,37,39)/b29-17-. The molecule has 0 bridgehead atoms. The molecule has 0 aromatic heterocycles. The van der Waals surface area contributed by atoms with Gasteiger partial charge in [-0.1, -0.05) is 70.0 Å². The summed E-state index contributed by atoms with van der Waals surface area (Å²) in [5.41, 5.74) is 3.34. The summed E-state index contributed by atoms with van der Waals surface area (Å²) in [7, 11) is 0. The molecule has 6 nitrogen and oxygen atoms in total. The molecule has 3 N–H and O–H groups in total. The van der Waals surface area contributed by atoms with Gasteiger partial charge in [-0.2, -0.15) is 0 Å². The smallest absolute Gasteiger partial charge is 0.272 e. The van der Waals surface area contributed by atoms with Crippen LogP contribution in [0.5, 0.6) is 0 Å². The monoisotopic (exact) mass is 647 g/mol. The van der Waals surface area contributed by atoms with Crippen LogP contribution in [0.3, 0.4) is 0 Å². The van der Waals surface area contributed by atoms with Crippen molar-refractivity contribution in [3.05, 3.63) is 129 Å². The van der Waals surface area contributed by atoms with E-state index in [1.807, 2.05) is 55.5 Å². The molecular weight excluding hydrogens is 622 g/mol. The zero-order valence-corrected chi connectivity index (χ0v) is 25.4. The van der Waals surface area contributed by atoms with Crippen molar-refractivity contribution in [2.24, 2.45) is 0 Å². The van der Waals surface area contributed by atoms with E-state index in [1.54, 1.807) is 61.5 Å². The molecule has 1 atom stereocenters. The minimum atomic E-state index is -0.485. The zero-order valence-electron chi connectivity index (χ0n) is 22.3. The molecule has 0 fully saturated rings. The summed E-state index contributed by atoms with van der Waals surface area (Å²) >= 11 is 10.9. The third kappa shape index (κ3) is 8.82. The van der Waals surface area contributed by atoms with Crippen LogP contribution in [0.2, 0.25) is 5.02 Å². The molecular formula is C32H27BrClN3O3S. The van der Waals surface area contributed by atoms with E-state index in [0.717, 1.165) is 20.5 Å². The fraction of sp³-hybridized carbons (Fsp3) is 0.0938. The number of carbonyl (C=O) groups is 3. The van der Waals surface area contributed by atoms with Crippen LogP contribution in [0.1, 0.15) is 28.4 Å². The summed E-state index contributed by atoms with van der Waals surface area (Å²) in [4.78, 5) is 39.8. The van der Waals surface area contributed by atoms with E-state index in [-0.39, 0.29) is 11.6 Å². The van der Waals surface area contributed by atoms with Gasteiger partial charge in [0, 0.05) is 31.3 Å². The maximum absolute atomic E-state index is 13.4. The van der Waals surface area contributed by atoms with Crippen molar-refractivity contribution in [1.82, 2.24) is 5.32 Å². The molecule has 0 aliphatic carbocycles. The molecule has 0 aliphatic heterocycles. The molecule has 0 saturated carbocycles. The van der Waals surface area contributed by atoms with Gasteiger partial charge in [0.25, 0.3) is 11.8 Å². The van der Waals surface area contributed by atoms with Gasteiger partial charge in [0.1, 0.15) is 5.70 Å². The lowest BCUT2D eigenvalue weighted by Gasteiger charge is -2.14. The van der Waals surface area contributed by atoms with Gasteiger partial charge in [-0.3, -0.25) is 14.4 Å². The average molecular weight is 649 g/mol. The number of rotatable bonds is 9. The van der Waals surface area contributed by atoms with E-state index >= 15 is 0 Å². The highest BCUT2D eigenvalue weighted by atomic mass is 79.9. The number of aryl methyl sites for hydroxylation is 1. The molecule has 3 amide bonds. The molecule has 208 valence electrons. The van der Waals surface area contributed by atoms with Crippen LogP contribution >= 0.6 is 39.3 Å². The fourth-order valence-corrected chi connectivity index (χ4v) is 5.06. The Hall–Kier alpha value is -3.85. The maximum Gasteiger partial charge on any atom is 0.272 e. The lowest BCUT2D eigenvalue weighted by molar-refractivity contribution is -0.115. The van der Waals surface area contributed by atoms with Crippen LogP contribution in [0.15, 0.2) is 112 Å². The SMILES string of the molecule is Cc1ccc(NC(=O)C(C)Sc2cccc(NC(=O)/C(=C/c3ccc(Br)cc3)NC(=O)c3ccccc3)c2)cc1Cl. The summed E-state index contributed by atoms with van der Waals surface area (Å²) in [6, 6.07) is 28.6. The summed E-state index contributed by atoms with van der Waals surface area (Å²) < 4.78 is 0.897. The molecule has 0 aliphatic rings. The highest BCUT2D eigenvalue weighted by Crippen LogP contribution is 2.28. The molecule has 4 rings (SSSR count). The third-order valence-electron chi connectivity index (χ3n) is 5.92. The van der Waals surface area contributed by atoms with Crippen LogP contribution < -0.4 is 16.0 Å². The number of carbonyl (C=O) groups excluding carboxylic acids is 3. The summed E-state index contributed by atoms with van der Waals surface area (Å²) in [5, 5.41) is 8.66. The first-order valence-electron chi connectivity index (χ1n) is 12.7. The van der Waals surface area contributed by atoms with Gasteiger partial charge in [0.15, 0.2) is 0 Å². The van der Waals surface area contributed by atoms with Gasteiger partial charge in [-0.05, 0) is 85.6 Å². The predicted molar refractivity (Wildman–Crippen MR) is 171 cm³/mol. The van der Waals surface area contributed by atoms with Gasteiger partial charge in [0.2, 0.25) is 5.91 Å². The first kappa shape index (κ1) is 30.1. The van der Waals surface area contributed by atoms with Crippen molar-refractivity contribution in [2.75, 3.05) is 10.6 Å². The molecule has 0 saturated heterocycles. The number of halogens is 2. The Morgan fingerprint density at radius 3 is 2.27 bits per heavy atom. The van der Waals surface area contributed by atoms with Crippen molar-refractivity contribution < 1.29 is 14.4 Å². The molecule has 1 unspecified atom stereocenters. The van der Waals surface area contributed by atoms with Crippen molar-refractivity contribution in [3.63, 3.8) is 0 Å². The largest absolute Gasteiger partial charge is 0.325 e. The van der Waals surface area contributed by atoms with Crippen molar-refractivity contribution >= 4 is 74.5 Å².